The molecule has 2 aromatic rings. The maximum atomic E-state index is 13.9. The van der Waals surface area contributed by atoms with Gasteiger partial charge in [-0.05, 0) is 49.6 Å². The number of carbonyl (C=O) groups excluding carboxylic acids is 3. The third-order valence-electron chi connectivity index (χ3n) is 5.09. The zero-order chi connectivity index (χ0) is 25.0. The van der Waals surface area contributed by atoms with Crippen molar-refractivity contribution in [2.45, 2.75) is 33.1 Å². The lowest BCUT2D eigenvalue weighted by Gasteiger charge is -2.29. The molecule has 1 aliphatic heterocycles. The van der Waals surface area contributed by atoms with Crippen LogP contribution in [-0.2, 0) is 9.45 Å². The lowest BCUT2D eigenvalue weighted by Crippen LogP contribution is -2.55. The van der Waals surface area contributed by atoms with Crippen LogP contribution in [0.5, 0.6) is 5.75 Å². The average molecular weight is 470 g/mol. The summed E-state index contributed by atoms with van der Waals surface area (Å²) in [6.07, 6.45) is 0.359. The molecule has 1 aliphatic rings. The van der Waals surface area contributed by atoms with E-state index in [0.29, 0.717) is 12.0 Å². The number of carbonyl (C=O) groups is 4. The van der Waals surface area contributed by atoms with Crippen LogP contribution in [0.15, 0.2) is 36.4 Å². The van der Waals surface area contributed by atoms with Gasteiger partial charge < -0.3 is 25.0 Å². The van der Waals surface area contributed by atoms with Crippen molar-refractivity contribution in [1.82, 2.24) is 10.6 Å². The number of benzene rings is 2. The van der Waals surface area contributed by atoms with Gasteiger partial charge >= 0.3 is 19.1 Å². The van der Waals surface area contributed by atoms with Crippen molar-refractivity contribution in [2.24, 2.45) is 5.92 Å². The fraction of sp³-hybridized carbons (Fsp3) is 0.304. The van der Waals surface area contributed by atoms with Crippen molar-refractivity contribution in [1.29, 1.82) is 0 Å². The van der Waals surface area contributed by atoms with Gasteiger partial charge in [0.1, 0.15) is 11.6 Å². The first-order valence-electron chi connectivity index (χ1n) is 10.6. The largest absolute Gasteiger partial charge is 0.620 e. The van der Waals surface area contributed by atoms with E-state index in [1.165, 1.54) is 36.4 Å². The molecule has 0 saturated carbocycles. The van der Waals surface area contributed by atoms with Gasteiger partial charge in [0, 0.05) is 0 Å². The lowest BCUT2D eigenvalue weighted by molar-refractivity contribution is -0.120. The highest BCUT2D eigenvalue weighted by molar-refractivity contribution is 6.51. The molecule has 3 N–H and O–H groups in total. The molecule has 9 nitrogen and oxygen atoms in total. The van der Waals surface area contributed by atoms with Crippen molar-refractivity contribution in [2.75, 3.05) is 6.54 Å². The lowest BCUT2D eigenvalue weighted by atomic mass is 9.72. The van der Waals surface area contributed by atoms with E-state index in [9.17, 15) is 28.7 Å². The molecular weight excluding hydrogens is 446 g/mol. The second-order valence-corrected chi connectivity index (χ2v) is 8.38. The molecule has 3 rings (SSSR count). The number of nitrogens with one attached hydrogen (secondary N) is 2. The molecule has 0 fully saturated rings. The first-order valence-corrected chi connectivity index (χ1v) is 10.6. The highest BCUT2D eigenvalue weighted by Gasteiger charge is 2.42. The molecule has 11 heteroatoms. The van der Waals surface area contributed by atoms with E-state index < -0.39 is 49.2 Å². The maximum Gasteiger partial charge on any atom is 0.620 e. The van der Waals surface area contributed by atoms with Gasteiger partial charge in [-0.25, -0.2) is 14.0 Å². The van der Waals surface area contributed by atoms with Gasteiger partial charge in [0.25, 0.3) is 5.91 Å². The van der Waals surface area contributed by atoms with Gasteiger partial charge in [-0.3, -0.25) is 9.59 Å². The normalized spacial score (nSPS) is 13.4. The van der Waals surface area contributed by atoms with Crippen LogP contribution in [-0.4, -0.2) is 48.5 Å². The van der Waals surface area contributed by atoms with Gasteiger partial charge in [-0.2, -0.15) is 0 Å². The maximum absolute atomic E-state index is 13.9. The van der Waals surface area contributed by atoms with E-state index in [1.54, 1.807) is 6.92 Å². The van der Waals surface area contributed by atoms with Crippen LogP contribution in [0.1, 0.15) is 56.9 Å². The second-order valence-electron chi connectivity index (χ2n) is 8.38. The number of aryl methyl sites for hydroxylation is 1. The Morgan fingerprint density at radius 1 is 1.12 bits per heavy atom. The minimum atomic E-state index is -1.21. The Kier molecular flexibility index (Phi) is 7.55. The summed E-state index contributed by atoms with van der Waals surface area (Å²) in [6, 6.07) is 7.86. The summed E-state index contributed by atoms with van der Waals surface area (Å²) in [7, 11) is -1.21. The number of hydrogen-bond donors (Lipinski definition) is 3. The summed E-state index contributed by atoms with van der Waals surface area (Å²) in [6.45, 7) is 5.05. The summed E-state index contributed by atoms with van der Waals surface area (Å²) in [4.78, 5) is 48.5. The molecule has 0 bridgehead atoms. The number of amides is 2. The number of carboxylic acid groups (broad SMARTS) is 1. The molecule has 178 valence electrons. The van der Waals surface area contributed by atoms with E-state index in [-0.39, 0.29) is 28.4 Å². The average Bonchev–Trinajstić information content (AvgIpc) is 2.77. The van der Waals surface area contributed by atoms with Gasteiger partial charge in [0.15, 0.2) is 0 Å². The highest BCUT2D eigenvalue weighted by atomic mass is 19.1. The van der Waals surface area contributed by atoms with Crippen molar-refractivity contribution >= 4 is 30.9 Å². The molecule has 0 aromatic heterocycles. The summed E-state index contributed by atoms with van der Waals surface area (Å²) in [5.41, 5.74) is 0.517. The summed E-state index contributed by atoms with van der Waals surface area (Å²) in [5.74, 6) is -4.63. The van der Waals surface area contributed by atoms with Gasteiger partial charge in [0.05, 0.1) is 29.2 Å². The van der Waals surface area contributed by atoms with Crippen LogP contribution in [0.2, 0.25) is 0 Å². The third kappa shape index (κ3) is 5.92. The molecule has 2 aromatic carbocycles. The highest BCUT2D eigenvalue weighted by Crippen LogP contribution is 2.28. The Morgan fingerprint density at radius 3 is 2.53 bits per heavy atom. The molecule has 1 atom stereocenters. The Hall–Kier alpha value is -3.89. The molecule has 34 heavy (non-hydrogen) atoms. The van der Waals surface area contributed by atoms with Crippen LogP contribution in [0, 0.1) is 18.7 Å². The zero-order valence-corrected chi connectivity index (χ0v) is 18.9. The quantitative estimate of drug-likeness (QED) is 0.505. The minimum absolute atomic E-state index is 0.0346. The molecule has 0 radical (unpaired) electrons. The van der Waals surface area contributed by atoms with Crippen molar-refractivity contribution in [3.05, 3.63) is 64.5 Å². The van der Waals surface area contributed by atoms with Crippen LogP contribution in [0.4, 0.5) is 4.39 Å². The SMILES string of the molecule is Cc1ccc(F)c(C(=O)NCC(=O)NC(CC(C)C)B2OC(=O)c3ccc(C(=O)O)cc3O2)c1. The number of hydrogen-bond acceptors (Lipinski definition) is 6. The number of rotatable bonds is 8. The number of carboxylic acids is 1. The summed E-state index contributed by atoms with van der Waals surface area (Å²) < 4.78 is 25.0. The summed E-state index contributed by atoms with van der Waals surface area (Å²) in [5, 5.41) is 14.2. The fourth-order valence-electron chi connectivity index (χ4n) is 3.48. The predicted octanol–water partition coefficient (Wildman–Crippen LogP) is 2.37. The monoisotopic (exact) mass is 470 g/mol. The Labute approximate surface area is 195 Å². The van der Waals surface area contributed by atoms with Crippen LogP contribution in [0.25, 0.3) is 0 Å². The zero-order valence-electron chi connectivity index (χ0n) is 18.9. The Bertz CT molecular complexity index is 1140. The second kappa shape index (κ2) is 10.4. The Balaban J connectivity index is 1.70. The van der Waals surface area contributed by atoms with Gasteiger partial charge in [0.2, 0.25) is 5.91 Å². The Morgan fingerprint density at radius 2 is 1.85 bits per heavy atom. The fourth-order valence-corrected chi connectivity index (χ4v) is 3.48. The van der Waals surface area contributed by atoms with Gasteiger partial charge in [-0.15, -0.1) is 0 Å². The molecular formula is C23H24BFN2O7. The van der Waals surface area contributed by atoms with Crippen LogP contribution < -0.4 is 15.3 Å². The molecule has 0 saturated heterocycles. The predicted molar refractivity (Wildman–Crippen MR) is 120 cm³/mol. The first-order chi connectivity index (χ1) is 16.0. The summed E-state index contributed by atoms with van der Waals surface area (Å²) >= 11 is 0. The smallest absolute Gasteiger partial charge is 0.524 e. The van der Waals surface area contributed by atoms with E-state index in [0.717, 1.165) is 0 Å². The van der Waals surface area contributed by atoms with Crippen LogP contribution >= 0.6 is 0 Å². The molecule has 1 unspecified atom stereocenters. The molecule has 2 amide bonds. The first kappa shape index (κ1) is 24.8. The van der Waals surface area contributed by atoms with Gasteiger partial charge in [-0.1, -0.05) is 25.5 Å². The number of halogens is 1. The van der Waals surface area contributed by atoms with E-state index in [2.05, 4.69) is 10.6 Å². The molecule has 0 aliphatic carbocycles. The van der Waals surface area contributed by atoms with Crippen molar-refractivity contribution in [3.8, 4) is 5.75 Å². The van der Waals surface area contributed by atoms with E-state index >= 15 is 0 Å². The van der Waals surface area contributed by atoms with E-state index in [4.69, 9.17) is 9.31 Å². The van der Waals surface area contributed by atoms with Crippen molar-refractivity contribution < 1.29 is 38.0 Å². The number of fused-ring (bicyclic) bond motifs is 1. The van der Waals surface area contributed by atoms with Crippen LogP contribution in [0.3, 0.4) is 0 Å². The topological polar surface area (TPSA) is 131 Å². The molecule has 1 heterocycles. The molecule has 0 spiro atoms. The minimum Gasteiger partial charge on any atom is -0.524 e. The number of aromatic carboxylic acids is 1. The van der Waals surface area contributed by atoms with E-state index in [1.807, 2.05) is 13.8 Å². The standard InChI is InChI=1S/C23H24BFN2O7/c1-12(2)8-19(24-33-18-10-14(22(30)31)5-6-15(18)23(32)34-24)27-20(28)11-26-21(29)16-9-13(3)4-7-17(16)25/h4-7,9-10,12,19H,8,11H2,1-3H3,(H,26,29)(H,27,28)(H,30,31). The third-order valence-corrected chi connectivity index (χ3v) is 5.09. The van der Waals surface area contributed by atoms with Crippen molar-refractivity contribution in [3.63, 3.8) is 0 Å².